The highest BCUT2D eigenvalue weighted by molar-refractivity contribution is 5.84. The monoisotopic (exact) mass is 555 g/mol. The largest absolute Gasteiger partial charge is 0.465 e. The number of aliphatic hydroxyl groups is 1. The summed E-state index contributed by atoms with van der Waals surface area (Å²) in [7, 11) is 0. The predicted molar refractivity (Wildman–Crippen MR) is 150 cm³/mol. The van der Waals surface area contributed by atoms with Gasteiger partial charge in [-0.05, 0) is 62.6 Å². The fourth-order valence-corrected chi connectivity index (χ4v) is 5.50. The van der Waals surface area contributed by atoms with Gasteiger partial charge in [0.1, 0.15) is 5.60 Å². The Kier molecular flexibility index (Phi) is 9.52. The van der Waals surface area contributed by atoms with Crippen LogP contribution in [-0.2, 0) is 5.60 Å². The van der Waals surface area contributed by atoms with E-state index in [9.17, 15) is 20.3 Å². The Morgan fingerprint density at radius 2 is 2.00 bits per heavy atom. The van der Waals surface area contributed by atoms with Gasteiger partial charge < -0.3 is 15.1 Å². The molecule has 1 amide bonds. The number of amides is 1. The average Bonchev–Trinajstić information content (AvgIpc) is 2.85. The number of alkyl halides is 2. The Bertz CT molecular complexity index is 1250. The zero-order valence-corrected chi connectivity index (χ0v) is 23.9. The van der Waals surface area contributed by atoms with Crippen molar-refractivity contribution in [2.24, 2.45) is 11.3 Å². The summed E-state index contributed by atoms with van der Waals surface area (Å²) in [6, 6.07) is 7.51. The molecule has 1 saturated carbocycles. The van der Waals surface area contributed by atoms with E-state index in [1.54, 1.807) is 12.1 Å². The highest BCUT2D eigenvalue weighted by Gasteiger charge is 2.48. The first-order chi connectivity index (χ1) is 18.7. The summed E-state index contributed by atoms with van der Waals surface area (Å²) in [4.78, 5) is 23.3. The number of carbonyl (C=O) groups is 1. The molecule has 2 aromatic rings. The van der Waals surface area contributed by atoms with E-state index in [0.29, 0.717) is 12.0 Å². The number of allylic oxidation sites excluding steroid dienone is 1. The van der Waals surface area contributed by atoms with Gasteiger partial charge in [0.2, 0.25) is 5.92 Å². The first-order valence-electron chi connectivity index (χ1n) is 13.5. The van der Waals surface area contributed by atoms with Gasteiger partial charge >= 0.3 is 6.09 Å². The van der Waals surface area contributed by atoms with Gasteiger partial charge in [0, 0.05) is 37.8 Å². The molecule has 3 rings (SSSR count). The number of rotatable bonds is 10. The van der Waals surface area contributed by atoms with Gasteiger partial charge in [-0.25, -0.2) is 18.6 Å². The van der Waals surface area contributed by atoms with Crippen LogP contribution in [0.4, 0.5) is 25.1 Å². The van der Waals surface area contributed by atoms with Crippen molar-refractivity contribution in [1.29, 1.82) is 5.26 Å². The van der Waals surface area contributed by atoms with Gasteiger partial charge in [-0.15, -0.1) is 0 Å². The Morgan fingerprint density at radius 1 is 1.27 bits per heavy atom. The molecule has 0 spiro atoms. The number of aryl methyl sites for hydroxylation is 1. The van der Waals surface area contributed by atoms with E-state index in [0.717, 1.165) is 29.0 Å². The molecule has 10 heteroatoms. The van der Waals surface area contributed by atoms with Gasteiger partial charge in [-0.2, -0.15) is 5.26 Å². The molecule has 1 heterocycles. The summed E-state index contributed by atoms with van der Waals surface area (Å²) < 4.78 is 30.5. The van der Waals surface area contributed by atoms with Crippen LogP contribution in [0.3, 0.4) is 0 Å². The standard InChI is InChI=1S/C30H39F2N5O3/c1-6-7-8-11-36(24-12-22(15-33)10-9-21(24)2)20-29(5)13-23(14-30(31,32)19-29)18-37(27(38)39)26-17-34-25(16-35-26)28(3,4)40/h8-12,16-17,23,40H,6-7,13-14,18-20H2,1-5H3,(H,38,39)/b11-8+/t23?,29-/m1/s1. The van der Waals surface area contributed by atoms with E-state index in [4.69, 9.17) is 0 Å². The lowest BCUT2D eigenvalue weighted by Gasteiger charge is -2.45. The molecule has 0 aliphatic heterocycles. The molecule has 1 aliphatic rings. The minimum atomic E-state index is -2.99. The molecule has 1 unspecified atom stereocenters. The van der Waals surface area contributed by atoms with E-state index < -0.39 is 35.4 Å². The second-order valence-corrected chi connectivity index (χ2v) is 11.7. The predicted octanol–water partition coefficient (Wildman–Crippen LogP) is 6.63. The molecule has 1 aromatic carbocycles. The van der Waals surface area contributed by atoms with Crippen LogP contribution in [0.1, 0.15) is 76.6 Å². The molecule has 216 valence electrons. The summed E-state index contributed by atoms with van der Waals surface area (Å²) in [6.07, 6.45) is 6.50. The molecule has 1 aromatic heterocycles. The summed E-state index contributed by atoms with van der Waals surface area (Å²) >= 11 is 0. The maximum Gasteiger partial charge on any atom is 0.413 e. The van der Waals surface area contributed by atoms with E-state index in [1.165, 1.54) is 26.2 Å². The number of halogens is 2. The first kappa shape index (κ1) is 31.0. The lowest BCUT2D eigenvalue weighted by molar-refractivity contribution is -0.0944. The molecule has 2 atom stereocenters. The van der Waals surface area contributed by atoms with E-state index in [1.807, 2.05) is 37.1 Å². The van der Waals surface area contributed by atoms with Crippen LogP contribution in [0.25, 0.3) is 0 Å². The van der Waals surface area contributed by atoms with Crippen molar-refractivity contribution in [2.75, 3.05) is 22.9 Å². The van der Waals surface area contributed by atoms with Crippen molar-refractivity contribution in [3.05, 3.63) is 59.7 Å². The molecule has 0 radical (unpaired) electrons. The van der Waals surface area contributed by atoms with Crippen LogP contribution in [0.15, 0.2) is 42.9 Å². The number of nitrogens with zero attached hydrogens (tertiary/aromatic N) is 5. The average molecular weight is 556 g/mol. The number of hydrogen-bond donors (Lipinski definition) is 2. The number of benzene rings is 1. The van der Waals surface area contributed by atoms with E-state index >= 15 is 8.78 Å². The second kappa shape index (κ2) is 12.3. The fraction of sp³-hybridized carbons (Fsp3) is 0.533. The smallest absolute Gasteiger partial charge is 0.413 e. The highest BCUT2D eigenvalue weighted by atomic mass is 19.3. The molecule has 8 nitrogen and oxygen atoms in total. The van der Waals surface area contributed by atoms with Gasteiger partial charge in [0.15, 0.2) is 5.82 Å². The fourth-order valence-electron chi connectivity index (χ4n) is 5.50. The molecule has 1 fully saturated rings. The third-order valence-electron chi connectivity index (χ3n) is 7.21. The number of unbranched alkanes of at least 4 members (excludes halogenated alkanes) is 1. The van der Waals surface area contributed by atoms with Crippen LogP contribution in [0, 0.1) is 29.6 Å². The zero-order chi connectivity index (χ0) is 29.7. The first-order valence-corrected chi connectivity index (χ1v) is 13.5. The third kappa shape index (κ3) is 7.98. The minimum Gasteiger partial charge on any atom is -0.465 e. The number of anilines is 2. The topological polar surface area (TPSA) is 114 Å². The lowest BCUT2D eigenvalue weighted by Crippen LogP contribution is -2.47. The lowest BCUT2D eigenvalue weighted by atomic mass is 9.68. The van der Waals surface area contributed by atoms with Crippen LogP contribution in [-0.4, -0.2) is 45.3 Å². The van der Waals surface area contributed by atoms with Crippen LogP contribution < -0.4 is 9.80 Å². The maximum absolute atomic E-state index is 15.2. The minimum absolute atomic E-state index is 0.0177. The van der Waals surface area contributed by atoms with Crippen LogP contribution in [0.5, 0.6) is 0 Å². The Labute approximate surface area is 235 Å². The zero-order valence-electron chi connectivity index (χ0n) is 23.9. The Morgan fingerprint density at radius 3 is 2.58 bits per heavy atom. The highest BCUT2D eigenvalue weighted by Crippen LogP contribution is 2.48. The van der Waals surface area contributed by atoms with E-state index in [-0.39, 0.29) is 31.0 Å². The molecular formula is C30H39F2N5O3. The SMILES string of the molecule is CCC/C=C/N(C[C@]1(C)CC(CN(C(=O)O)c2cnc(C(C)(C)O)cn2)CC(F)(F)C1)c1cc(C#N)ccc1C. The van der Waals surface area contributed by atoms with Crippen molar-refractivity contribution < 1.29 is 23.8 Å². The number of nitriles is 1. The van der Waals surface area contributed by atoms with Gasteiger partial charge in [-0.1, -0.05) is 32.4 Å². The molecule has 0 bridgehead atoms. The van der Waals surface area contributed by atoms with Crippen molar-refractivity contribution in [3.63, 3.8) is 0 Å². The summed E-state index contributed by atoms with van der Waals surface area (Å²) in [5, 5.41) is 29.5. The van der Waals surface area contributed by atoms with Crippen molar-refractivity contribution in [1.82, 2.24) is 9.97 Å². The summed E-state index contributed by atoms with van der Waals surface area (Å²) in [5.74, 6) is -3.60. The normalized spacial score (nSPS) is 20.7. The second-order valence-electron chi connectivity index (χ2n) is 11.7. The molecular weight excluding hydrogens is 516 g/mol. The Hall–Kier alpha value is -3.58. The van der Waals surface area contributed by atoms with Gasteiger partial charge in [-0.3, -0.25) is 9.88 Å². The van der Waals surface area contributed by atoms with Crippen molar-refractivity contribution in [3.8, 4) is 6.07 Å². The maximum atomic E-state index is 15.2. The van der Waals surface area contributed by atoms with Gasteiger partial charge in [0.05, 0.1) is 29.7 Å². The quantitative estimate of drug-likeness (QED) is 0.338. The summed E-state index contributed by atoms with van der Waals surface area (Å²) in [5.41, 5.74) is 0.361. The molecule has 40 heavy (non-hydrogen) atoms. The van der Waals surface area contributed by atoms with Crippen LogP contribution in [0.2, 0.25) is 0 Å². The molecule has 1 aliphatic carbocycles. The Balaban J connectivity index is 1.90. The van der Waals surface area contributed by atoms with Gasteiger partial charge in [0.25, 0.3) is 0 Å². The number of aromatic nitrogens is 2. The summed E-state index contributed by atoms with van der Waals surface area (Å²) in [6.45, 7) is 8.99. The van der Waals surface area contributed by atoms with Crippen molar-refractivity contribution >= 4 is 17.6 Å². The van der Waals surface area contributed by atoms with E-state index in [2.05, 4.69) is 23.0 Å². The molecule has 2 N–H and O–H groups in total. The number of carboxylic acid groups (broad SMARTS) is 1. The van der Waals surface area contributed by atoms with Crippen LogP contribution >= 0.6 is 0 Å². The molecule has 0 saturated heterocycles. The third-order valence-corrected chi connectivity index (χ3v) is 7.21. The van der Waals surface area contributed by atoms with Crippen molar-refractivity contribution in [2.45, 2.75) is 78.2 Å². The number of hydrogen-bond acceptors (Lipinski definition) is 6.